The summed E-state index contributed by atoms with van der Waals surface area (Å²) in [7, 11) is -1.68. The number of aliphatic hydroxyl groups excluding tert-OH is 1. The van der Waals surface area contributed by atoms with E-state index < -0.39 is 8.07 Å². The molecular weight excluding hydrogens is 400 g/mol. The van der Waals surface area contributed by atoms with E-state index in [1.54, 1.807) is 0 Å². The van der Waals surface area contributed by atoms with Gasteiger partial charge in [-0.25, -0.2) is 0 Å². The lowest BCUT2D eigenvalue weighted by Gasteiger charge is -2.37. The Morgan fingerprint density at radius 3 is 2.07 bits per heavy atom. The number of ether oxygens (including phenoxy) is 2. The van der Waals surface area contributed by atoms with E-state index in [-0.39, 0.29) is 35.9 Å². The summed E-state index contributed by atoms with van der Waals surface area (Å²) in [6, 6.07) is 0. The van der Waals surface area contributed by atoms with Gasteiger partial charge in [0.2, 0.25) is 0 Å². The molecule has 1 N–H and O–H groups in total. The van der Waals surface area contributed by atoms with Gasteiger partial charge >= 0.3 is 0 Å². The van der Waals surface area contributed by atoms with Gasteiger partial charge in [-0.2, -0.15) is 0 Å². The predicted molar refractivity (Wildman–Crippen MR) is 125 cm³/mol. The molecule has 2 saturated heterocycles. The topological polar surface area (TPSA) is 38.7 Å². The minimum Gasteiger partial charge on any atom is -0.390 e. The van der Waals surface area contributed by atoms with Gasteiger partial charge < -0.3 is 14.6 Å². The molecule has 0 aromatic rings. The maximum absolute atomic E-state index is 10.1. The van der Waals surface area contributed by atoms with Crippen LogP contribution in [0, 0.1) is 11.5 Å². The number of aliphatic hydroxyl groups is 1. The Morgan fingerprint density at radius 1 is 1.00 bits per heavy atom. The van der Waals surface area contributed by atoms with E-state index in [1.165, 1.54) is 0 Å². The summed E-state index contributed by atoms with van der Waals surface area (Å²) in [5.41, 5.74) is 5.64. The summed E-state index contributed by atoms with van der Waals surface area (Å²) >= 11 is 6.56. The molecule has 0 bridgehead atoms. The summed E-state index contributed by atoms with van der Waals surface area (Å²) in [6.45, 7) is 16.0. The summed E-state index contributed by atoms with van der Waals surface area (Å²) in [4.78, 5) is 0. The molecular formula is C24H41ClO3Si. The molecule has 0 saturated carbocycles. The summed E-state index contributed by atoms with van der Waals surface area (Å²) in [5, 5.41) is 10.1. The van der Waals surface area contributed by atoms with Crippen LogP contribution in [0.3, 0.4) is 0 Å². The third kappa shape index (κ3) is 5.69. The maximum Gasteiger partial charge on any atom is 0.146 e. The van der Waals surface area contributed by atoms with Crippen molar-refractivity contribution in [1.29, 1.82) is 0 Å². The standard InChI is InChI=1S/C24H41ClO3Si/c1-8-21-20(26)15-24(27-21)23-14-19(25)22(28-23)12-10-9-11-13-29(16(2)3,17(4)5)18(6)7/h9-10,16-24,26H,8,12,14-15H2,1-7H3/b10-9-/t19-,20-,21-,22+,23+,24-/m1/s1. The Balaban J connectivity index is 1.94. The average Bonchev–Trinajstić information content (AvgIpc) is 3.19. The minimum absolute atomic E-state index is 0.0107. The van der Waals surface area contributed by atoms with E-state index in [0.29, 0.717) is 23.0 Å². The highest BCUT2D eigenvalue weighted by atomic mass is 35.5. The lowest BCUT2D eigenvalue weighted by Crippen LogP contribution is -2.43. The first kappa shape index (κ1) is 25.0. The highest BCUT2D eigenvalue weighted by Gasteiger charge is 2.44. The van der Waals surface area contributed by atoms with Crippen LogP contribution < -0.4 is 0 Å². The zero-order chi connectivity index (χ0) is 21.8. The van der Waals surface area contributed by atoms with Gasteiger partial charge in [-0.3, -0.25) is 0 Å². The highest BCUT2D eigenvalue weighted by Crippen LogP contribution is 2.40. The predicted octanol–water partition coefficient (Wildman–Crippen LogP) is 5.85. The average molecular weight is 441 g/mol. The normalized spacial score (nSPS) is 33.2. The van der Waals surface area contributed by atoms with Crippen molar-refractivity contribution in [2.45, 2.75) is 127 Å². The molecule has 0 unspecified atom stereocenters. The molecule has 2 fully saturated rings. The van der Waals surface area contributed by atoms with Crippen LogP contribution in [0.1, 0.15) is 74.1 Å². The van der Waals surface area contributed by atoms with Crippen LogP contribution >= 0.6 is 11.6 Å². The first-order chi connectivity index (χ1) is 13.6. The van der Waals surface area contributed by atoms with Gasteiger partial charge in [0, 0.05) is 6.42 Å². The van der Waals surface area contributed by atoms with Gasteiger partial charge in [0.1, 0.15) is 8.07 Å². The monoisotopic (exact) mass is 440 g/mol. The van der Waals surface area contributed by atoms with Crippen LogP contribution in [0.25, 0.3) is 0 Å². The van der Waals surface area contributed by atoms with Gasteiger partial charge in [0.05, 0.1) is 35.9 Å². The van der Waals surface area contributed by atoms with E-state index >= 15 is 0 Å². The quantitative estimate of drug-likeness (QED) is 0.306. The molecule has 29 heavy (non-hydrogen) atoms. The molecule has 2 heterocycles. The van der Waals surface area contributed by atoms with Crippen LogP contribution in [0.5, 0.6) is 0 Å². The van der Waals surface area contributed by atoms with E-state index in [9.17, 15) is 5.11 Å². The largest absolute Gasteiger partial charge is 0.390 e. The molecule has 5 heteroatoms. The van der Waals surface area contributed by atoms with Gasteiger partial charge in [-0.05, 0) is 42.0 Å². The van der Waals surface area contributed by atoms with Gasteiger partial charge in [-0.1, -0.05) is 60.5 Å². The minimum atomic E-state index is -1.68. The zero-order valence-electron chi connectivity index (χ0n) is 19.3. The van der Waals surface area contributed by atoms with E-state index in [4.69, 9.17) is 21.1 Å². The fraction of sp³-hybridized carbons (Fsp3) is 0.833. The fourth-order valence-electron chi connectivity index (χ4n) is 5.41. The number of hydrogen-bond donors (Lipinski definition) is 1. The molecule has 3 nitrogen and oxygen atoms in total. The Kier molecular flexibility index (Phi) is 9.31. The first-order valence-electron chi connectivity index (χ1n) is 11.4. The van der Waals surface area contributed by atoms with Crippen LogP contribution in [-0.4, -0.2) is 49.1 Å². The van der Waals surface area contributed by atoms with E-state index in [2.05, 4.69) is 59.1 Å². The lowest BCUT2D eigenvalue weighted by molar-refractivity contribution is -0.0693. The second-order valence-corrected chi connectivity index (χ2v) is 15.8. The molecule has 6 atom stereocenters. The molecule has 0 aromatic carbocycles. The van der Waals surface area contributed by atoms with Gasteiger partial charge in [0.15, 0.2) is 0 Å². The van der Waals surface area contributed by atoms with E-state index in [1.807, 2.05) is 13.0 Å². The van der Waals surface area contributed by atoms with Crippen molar-refractivity contribution in [3.05, 3.63) is 12.2 Å². The van der Waals surface area contributed by atoms with Crippen molar-refractivity contribution in [2.75, 3.05) is 0 Å². The van der Waals surface area contributed by atoms with Gasteiger partial charge in [0.25, 0.3) is 0 Å². The lowest BCUT2D eigenvalue weighted by atomic mass is 10.0. The maximum atomic E-state index is 10.1. The molecule has 2 aliphatic heterocycles. The number of rotatable bonds is 7. The van der Waals surface area contributed by atoms with Crippen molar-refractivity contribution < 1.29 is 14.6 Å². The molecule has 0 radical (unpaired) electrons. The van der Waals surface area contributed by atoms with Crippen LogP contribution in [0.15, 0.2) is 12.2 Å². The third-order valence-corrected chi connectivity index (χ3v) is 13.8. The molecule has 166 valence electrons. The van der Waals surface area contributed by atoms with E-state index in [0.717, 1.165) is 19.3 Å². The molecule has 0 spiro atoms. The number of allylic oxidation sites excluding steroid dienone is 1. The van der Waals surface area contributed by atoms with Crippen LogP contribution in [-0.2, 0) is 9.47 Å². The number of alkyl halides is 1. The zero-order valence-corrected chi connectivity index (χ0v) is 21.1. The van der Waals surface area contributed by atoms with Crippen molar-refractivity contribution in [2.24, 2.45) is 0 Å². The fourth-order valence-corrected chi connectivity index (χ4v) is 10.9. The number of halogens is 1. The smallest absolute Gasteiger partial charge is 0.146 e. The molecule has 2 rings (SSSR count). The highest BCUT2D eigenvalue weighted by molar-refractivity contribution is 6.90. The Morgan fingerprint density at radius 2 is 1.55 bits per heavy atom. The third-order valence-electron chi connectivity index (χ3n) is 7.00. The van der Waals surface area contributed by atoms with Crippen molar-refractivity contribution in [3.63, 3.8) is 0 Å². The van der Waals surface area contributed by atoms with Crippen molar-refractivity contribution >= 4 is 19.7 Å². The second-order valence-electron chi connectivity index (χ2n) is 9.69. The molecule has 0 aliphatic carbocycles. The summed E-state index contributed by atoms with van der Waals surface area (Å²) in [5.74, 6) is 3.37. The first-order valence-corrected chi connectivity index (χ1v) is 14.1. The van der Waals surface area contributed by atoms with Gasteiger partial charge in [-0.15, -0.1) is 17.1 Å². The van der Waals surface area contributed by atoms with Crippen molar-refractivity contribution in [1.82, 2.24) is 0 Å². The van der Waals surface area contributed by atoms with Crippen molar-refractivity contribution in [3.8, 4) is 11.5 Å². The summed E-state index contributed by atoms with van der Waals surface area (Å²) in [6.07, 6.45) is 6.60. The molecule has 2 aliphatic rings. The molecule has 0 aromatic heterocycles. The Labute approximate surface area is 184 Å². The second kappa shape index (κ2) is 10.8. The Hall–Kier alpha value is -0.313. The molecule has 0 amide bonds. The Bertz CT molecular complexity index is 585. The summed E-state index contributed by atoms with van der Waals surface area (Å²) < 4.78 is 12.2. The van der Waals surface area contributed by atoms with Crippen LogP contribution in [0.4, 0.5) is 0 Å². The number of hydrogen-bond acceptors (Lipinski definition) is 3. The SMILES string of the molecule is CC[C@H]1O[C@@H]([C@@H]2C[C@@H](Cl)[C@H](C/C=C\C#C[Si](C(C)C)(C(C)C)C(C)C)O2)C[C@H]1O. The van der Waals surface area contributed by atoms with Crippen LogP contribution in [0.2, 0.25) is 16.6 Å².